The van der Waals surface area contributed by atoms with Crippen LogP contribution in [0.15, 0.2) is 24.3 Å². The number of rotatable bonds is 3. The summed E-state index contributed by atoms with van der Waals surface area (Å²) in [4.78, 5) is 2.29. The maximum Gasteiger partial charge on any atom is 0.123 e. The molecule has 1 fully saturated rings. The van der Waals surface area contributed by atoms with E-state index in [9.17, 15) is 4.39 Å². The normalized spacial score (nSPS) is 27.1. The van der Waals surface area contributed by atoms with Gasteiger partial charge in [-0.25, -0.2) is 4.39 Å². The van der Waals surface area contributed by atoms with Crippen molar-refractivity contribution in [1.29, 1.82) is 0 Å². The molecule has 2 N–H and O–H groups in total. The fraction of sp³-hybridized carbons (Fsp3) is 0.571. The molecule has 2 rings (SSSR count). The standard InChI is InChI=1S/C14H21FN2O/c1-10-7-17(8-11(2)18-10)9-14(16)12-4-3-5-13(15)6-12/h3-6,10-11,14H,7-9,16H2,1-2H3/t10-,11+,14?. The van der Waals surface area contributed by atoms with Crippen LogP contribution in [0.1, 0.15) is 25.5 Å². The Bertz CT molecular complexity index is 389. The Labute approximate surface area is 108 Å². The molecule has 0 saturated carbocycles. The van der Waals surface area contributed by atoms with Crippen molar-refractivity contribution >= 4 is 0 Å². The predicted molar refractivity (Wildman–Crippen MR) is 69.8 cm³/mol. The van der Waals surface area contributed by atoms with Crippen LogP contribution in [0.4, 0.5) is 4.39 Å². The molecule has 1 heterocycles. The monoisotopic (exact) mass is 252 g/mol. The van der Waals surface area contributed by atoms with Crippen molar-refractivity contribution in [3.8, 4) is 0 Å². The van der Waals surface area contributed by atoms with E-state index in [1.807, 2.05) is 6.07 Å². The molecule has 1 aromatic carbocycles. The number of morpholine rings is 1. The Morgan fingerprint density at radius 3 is 2.67 bits per heavy atom. The molecule has 0 spiro atoms. The molecule has 1 saturated heterocycles. The molecule has 1 aliphatic heterocycles. The first-order chi connectivity index (χ1) is 8.54. The zero-order chi connectivity index (χ0) is 13.1. The van der Waals surface area contributed by atoms with Crippen LogP contribution in [0.25, 0.3) is 0 Å². The van der Waals surface area contributed by atoms with Gasteiger partial charge in [-0.1, -0.05) is 12.1 Å². The number of halogens is 1. The van der Waals surface area contributed by atoms with E-state index in [4.69, 9.17) is 10.5 Å². The number of nitrogens with two attached hydrogens (primary N) is 1. The summed E-state index contributed by atoms with van der Waals surface area (Å²) in [5, 5.41) is 0. The second-order valence-electron chi connectivity index (χ2n) is 5.14. The van der Waals surface area contributed by atoms with E-state index in [1.54, 1.807) is 6.07 Å². The number of nitrogens with zero attached hydrogens (tertiary/aromatic N) is 1. The summed E-state index contributed by atoms with van der Waals surface area (Å²) < 4.78 is 18.8. The Morgan fingerprint density at radius 1 is 1.39 bits per heavy atom. The highest BCUT2D eigenvalue weighted by atomic mass is 19.1. The minimum Gasteiger partial charge on any atom is -0.373 e. The van der Waals surface area contributed by atoms with E-state index in [2.05, 4.69) is 18.7 Å². The summed E-state index contributed by atoms with van der Waals surface area (Å²) in [6, 6.07) is 6.38. The van der Waals surface area contributed by atoms with E-state index in [0.717, 1.165) is 25.2 Å². The van der Waals surface area contributed by atoms with Crippen LogP contribution < -0.4 is 5.73 Å². The van der Waals surface area contributed by atoms with E-state index in [-0.39, 0.29) is 24.1 Å². The van der Waals surface area contributed by atoms with Gasteiger partial charge in [-0.2, -0.15) is 0 Å². The van der Waals surface area contributed by atoms with Crippen molar-refractivity contribution in [3.63, 3.8) is 0 Å². The van der Waals surface area contributed by atoms with Gasteiger partial charge in [0, 0.05) is 25.7 Å². The summed E-state index contributed by atoms with van der Waals surface area (Å²) in [6.45, 7) is 6.63. The molecular weight excluding hydrogens is 231 g/mol. The lowest BCUT2D eigenvalue weighted by Gasteiger charge is -2.36. The minimum atomic E-state index is -0.230. The Kier molecular flexibility index (Phi) is 4.32. The highest BCUT2D eigenvalue weighted by Gasteiger charge is 2.23. The largest absolute Gasteiger partial charge is 0.373 e. The predicted octanol–water partition coefficient (Wildman–Crippen LogP) is 1.93. The topological polar surface area (TPSA) is 38.5 Å². The summed E-state index contributed by atoms with van der Waals surface area (Å²) in [5.74, 6) is -0.230. The highest BCUT2D eigenvalue weighted by Crippen LogP contribution is 2.17. The first-order valence-electron chi connectivity index (χ1n) is 6.43. The minimum absolute atomic E-state index is 0.154. The Morgan fingerprint density at radius 2 is 2.06 bits per heavy atom. The smallest absolute Gasteiger partial charge is 0.123 e. The van der Waals surface area contributed by atoms with Crippen LogP contribution in [0, 0.1) is 5.82 Å². The van der Waals surface area contributed by atoms with Crippen LogP contribution in [0.3, 0.4) is 0 Å². The lowest BCUT2D eigenvalue weighted by atomic mass is 10.1. The van der Waals surface area contributed by atoms with Crippen molar-refractivity contribution in [2.75, 3.05) is 19.6 Å². The van der Waals surface area contributed by atoms with Gasteiger partial charge in [-0.05, 0) is 31.5 Å². The molecule has 0 bridgehead atoms. The van der Waals surface area contributed by atoms with Crippen LogP contribution in [0.2, 0.25) is 0 Å². The van der Waals surface area contributed by atoms with E-state index in [1.165, 1.54) is 12.1 Å². The first-order valence-corrected chi connectivity index (χ1v) is 6.43. The average molecular weight is 252 g/mol. The SMILES string of the molecule is C[C@@H]1CN(CC(N)c2cccc(F)c2)C[C@H](C)O1. The average Bonchev–Trinajstić information content (AvgIpc) is 2.27. The molecule has 100 valence electrons. The second-order valence-corrected chi connectivity index (χ2v) is 5.14. The maximum absolute atomic E-state index is 13.1. The second kappa shape index (κ2) is 5.78. The molecule has 0 aromatic heterocycles. The van der Waals surface area contributed by atoms with Crippen LogP contribution >= 0.6 is 0 Å². The van der Waals surface area contributed by atoms with Crippen molar-refractivity contribution < 1.29 is 9.13 Å². The maximum atomic E-state index is 13.1. The third-order valence-corrected chi connectivity index (χ3v) is 3.23. The van der Waals surface area contributed by atoms with Gasteiger partial charge in [0.05, 0.1) is 12.2 Å². The van der Waals surface area contributed by atoms with Gasteiger partial charge in [0.1, 0.15) is 5.82 Å². The quantitative estimate of drug-likeness (QED) is 0.893. The van der Waals surface area contributed by atoms with Crippen molar-refractivity contribution in [2.45, 2.75) is 32.1 Å². The molecule has 18 heavy (non-hydrogen) atoms. The molecule has 0 amide bonds. The molecular formula is C14H21FN2O. The van der Waals surface area contributed by atoms with Gasteiger partial charge in [0.15, 0.2) is 0 Å². The van der Waals surface area contributed by atoms with Gasteiger partial charge in [0.25, 0.3) is 0 Å². The molecule has 0 radical (unpaired) electrons. The zero-order valence-electron chi connectivity index (χ0n) is 11.0. The van der Waals surface area contributed by atoms with Gasteiger partial charge in [-0.15, -0.1) is 0 Å². The Hall–Kier alpha value is -0.970. The molecule has 1 unspecified atom stereocenters. The van der Waals surface area contributed by atoms with Crippen LogP contribution in [0.5, 0.6) is 0 Å². The molecule has 0 aliphatic carbocycles. The lowest BCUT2D eigenvalue weighted by Crippen LogP contribution is -2.47. The number of benzene rings is 1. The molecule has 1 aliphatic rings. The number of hydrogen-bond donors (Lipinski definition) is 1. The molecule has 3 atom stereocenters. The fourth-order valence-corrected chi connectivity index (χ4v) is 2.55. The zero-order valence-corrected chi connectivity index (χ0v) is 11.0. The van der Waals surface area contributed by atoms with Crippen LogP contribution in [-0.4, -0.2) is 36.7 Å². The summed E-state index contributed by atoms with van der Waals surface area (Å²) in [7, 11) is 0. The summed E-state index contributed by atoms with van der Waals surface area (Å²) >= 11 is 0. The first kappa shape index (κ1) is 13.5. The van der Waals surface area contributed by atoms with Gasteiger partial charge in [-0.3, -0.25) is 4.90 Å². The van der Waals surface area contributed by atoms with Crippen LogP contribution in [-0.2, 0) is 4.74 Å². The van der Waals surface area contributed by atoms with Gasteiger partial charge in [0.2, 0.25) is 0 Å². The van der Waals surface area contributed by atoms with E-state index < -0.39 is 0 Å². The van der Waals surface area contributed by atoms with E-state index >= 15 is 0 Å². The van der Waals surface area contributed by atoms with Crippen molar-refractivity contribution in [1.82, 2.24) is 4.90 Å². The fourth-order valence-electron chi connectivity index (χ4n) is 2.55. The lowest BCUT2D eigenvalue weighted by molar-refractivity contribution is -0.0691. The molecule has 3 nitrogen and oxygen atoms in total. The third-order valence-electron chi connectivity index (χ3n) is 3.23. The summed E-state index contributed by atoms with van der Waals surface area (Å²) in [5.41, 5.74) is 6.99. The number of ether oxygens (including phenoxy) is 1. The molecule has 1 aromatic rings. The number of hydrogen-bond acceptors (Lipinski definition) is 3. The highest BCUT2D eigenvalue weighted by molar-refractivity contribution is 5.20. The Balaban J connectivity index is 1.96. The van der Waals surface area contributed by atoms with Crippen molar-refractivity contribution in [2.24, 2.45) is 5.73 Å². The third kappa shape index (κ3) is 3.51. The van der Waals surface area contributed by atoms with E-state index in [0.29, 0.717) is 0 Å². The van der Waals surface area contributed by atoms with Crippen molar-refractivity contribution in [3.05, 3.63) is 35.6 Å². The van der Waals surface area contributed by atoms with Gasteiger partial charge >= 0.3 is 0 Å². The molecule has 4 heteroatoms. The van der Waals surface area contributed by atoms with Gasteiger partial charge < -0.3 is 10.5 Å². The summed E-state index contributed by atoms with van der Waals surface area (Å²) in [6.07, 6.45) is 0.460.